The topological polar surface area (TPSA) is 9.23 Å². The lowest BCUT2D eigenvalue weighted by molar-refractivity contribution is 0.313. The van der Waals surface area contributed by atoms with Crippen molar-refractivity contribution in [2.24, 2.45) is 0 Å². The van der Waals surface area contributed by atoms with Gasteiger partial charge in [0, 0.05) is 3.57 Å². The van der Waals surface area contributed by atoms with Gasteiger partial charge in [-0.05, 0) is 41.6 Å². The average molecular weight is 284 g/mol. The van der Waals surface area contributed by atoms with Gasteiger partial charge in [0.2, 0.25) is 5.82 Å². The van der Waals surface area contributed by atoms with E-state index in [1.807, 2.05) is 22.6 Å². The first-order valence-electron chi connectivity index (χ1n) is 3.42. The van der Waals surface area contributed by atoms with Crippen molar-refractivity contribution in [2.45, 2.75) is 6.92 Å². The summed E-state index contributed by atoms with van der Waals surface area (Å²) in [5.74, 6) is -1.82. The Kier molecular flexibility index (Phi) is 3.25. The second-order valence-corrected chi connectivity index (χ2v) is 3.38. The van der Waals surface area contributed by atoms with Crippen LogP contribution in [0.5, 0.6) is 5.75 Å². The first-order chi connectivity index (χ1) is 5.65. The van der Waals surface area contributed by atoms with Crippen molar-refractivity contribution < 1.29 is 13.5 Å². The highest BCUT2D eigenvalue weighted by atomic mass is 127. The van der Waals surface area contributed by atoms with Crippen molar-refractivity contribution in [1.82, 2.24) is 0 Å². The summed E-state index contributed by atoms with van der Waals surface area (Å²) in [7, 11) is 0. The van der Waals surface area contributed by atoms with Crippen LogP contribution in [0.4, 0.5) is 8.78 Å². The second-order valence-electron chi connectivity index (χ2n) is 2.13. The van der Waals surface area contributed by atoms with Crippen LogP contribution in [0.2, 0.25) is 0 Å². The molecule has 0 aliphatic heterocycles. The molecule has 1 rings (SSSR count). The molecule has 66 valence electrons. The maximum atomic E-state index is 12.9. The number of benzene rings is 1. The monoisotopic (exact) mass is 284 g/mol. The summed E-state index contributed by atoms with van der Waals surface area (Å²) in [6.07, 6.45) is 0. The summed E-state index contributed by atoms with van der Waals surface area (Å²) in [4.78, 5) is 0. The molecule has 0 saturated carbocycles. The molecule has 1 nitrogen and oxygen atoms in total. The molecule has 0 N–H and O–H groups in total. The lowest BCUT2D eigenvalue weighted by Crippen LogP contribution is -1.97. The number of hydrogen-bond acceptors (Lipinski definition) is 1. The zero-order valence-electron chi connectivity index (χ0n) is 6.40. The molecule has 4 heteroatoms. The molecule has 0 radical (unpaired) electrons. The van der Waals surface area contributed by atoms with Crippen molar-refractivity contribution in [3.05, 3.63) is 27.3 Å². The van der Waals surface area contributed by atoms with Crippen LogP contribution in [-0.4, -0.2) is 6.61 Å². The molecule has 0 unspecified atom stereocenters. The molecule has 0 spiro atoms. The predicted octanol–water partition coefficient (Wildman–Crippen LogP) is 2.97. The fourth-order valence-corrected chi connectivity index (χ4v) is 1.35. The van der Waals surface area contributed by atoms with Gasteiger partial charge in [0.25, 0.3) is 0 Å². The third-order valence-electron chi connectivity index (χ3n) is 1.26. The Balaban J connectivity index is 3.09. The molecule has 0 saturated heterocycles. The van der Waals surface area contributed by atoms with E-state index in [0.717, 1.165) is 6.07 Å². The molecule has 0 fully saturated rings. The molecular weight excluding hydrogens is 277 g/mol. The molecule has 0 amide bonds. The quantitative estimate of drug-likeness (QED) is 0.599. The summed E-state index contributed by atoms with van der Waals surface area (Å²) in [6, 6.07) is 2.58. The molecule has 0 aromatic heterocycles. The summed E-state index contributed by atoms with van der Waals surface area (Å²) in [5, 5.41) is 0. The van der Waals surface area contributed by atoms with E-state index < -0.39 is 11.6 Å². The summed E-state index contributed by atoms with van der Waals surface area (Å²) < 4.78 is 31.1. The molecule has 1 aromatic carbocycles. The molecular formula is C8H7F2IO. The van der Waals surface area contributed by atoms with Gasteiger partial charge in [-0.25, -0.2) is 4.39 Å². The van der Waals surface area contributed by atoms with Gasteiger partial charge in [0.1, 0.15) is 0 Å². The predicted molar refractivity (Wildman–Crippen MR) is 50.2 cm³/mol. The highest BCUT2D eigenvalue weighted by Crippen LogP contribution is 2.22. The number of rotatable bonds is 2. The molecule has 12 heavy (non-hydrogen) atoms. The maximum absolute atomic E-state index is 12.9. The van der Waals surface area contributed by atoms with E-state index in [1.165, 1.54) is 6.07 Å². The number of halogens is 3. The van der Waals surface area contributed by atoms with Crippen molar-refractivity contribution in [3.8, 4) is 5.75 Å². The van der Waals surface area contributed by atoms with Crippen molar-refractivity contribution >= 4 is 22.6 Å². The molecule has 1 aromatic rings. The van der Waals surface area contributed by atoms with Gasteiger partial charge in [-0.3, -0.25) is 0 Å². The largest absolute Gasteiger partial charge is 0.491 e. The Morgan fingerprint density at radius 3 is 2.67 bits per heavy atom. The number of ether oxygens (including phenoxy) is 1. The zero-order chi connectivity index (χ0) is 9.14. The van der Waals surface area contributed by atoms with Crippen molar-refractivity contribution in [2.75, 3.05) is 6.61 Å². The van der Waals surface area contributed by atoms with Crippen LogP contribution in [0.15, 0.2) is 12.1 Å². The van der Waals surface area contributed by atoms with E-state index in [4.69, 9.17) is 4.74 Å². The van der Waals surface area contributed by atoms with Gasteiger partial charge >= 0.3 is 0 Å². The Morgan fingerprint density at radius 1 is 1.42 bits per heavy atom. The normalized spacial score (nSPS) is 10.0. The van der Waals surface area contributed by atoms with E-state index >= 15 is 0 Å². The highest BCUT2D eigenvalue weighted by Gasteiger charge is 2.09. The van der Waals surface area contributed by atoms with Crippen LogP contribution in [0.3, 0.4) is 0 Å². The maximum Gasteiger partial charge on any atom is 0.200 e. The molecule has 0 aliphatic rings. The van der Waals surface area contributed by atoms with Gasteiger partial charge in [-0.15, -0.1) is 0 Å². The Bertz CT molecular complexity index is 289. The van der Waals surface area contributed by atoms with Crippen LogP contribution in [-0.2, 0) is 0 Å². The van der Waals surface area contributed by atoms with E-state index in [-0.39, 0.29) is 5.75 Å². The van der Waals surface area contributed by atoms with Crippen molar-refractivity contribution in [1.29, 1.82) is 0 Å². The summed E-state index contributed by atoms with van der Waals surface area (Å²) in [6.45, 7) is 2.05. The van der Waals surface area contributed by atoms with Crippen molar-refractivity contribution in [3.63, 3.8) is 0 Å². The second kappa shape index (κ2) is 4.02. The number of hydrogen-bond donors (Lipinski definition) is 0. The van der Waals surface area contributed by atoms with Crippen LogP contribution in [0.1, 0.15) is 6.92 Å². The lowest BCUT2D eigenvalue weighted by atomic mass is 10.3. The third kappa shape index (κ3) is 2.06. The van der Waals surface area contributed by atoms with Crippen LogP contribution in [0.25, 0.3) is 0 Å². The van der Waals surface area contributed by atoms with Gasteiger partial charge in [-0.1, -0.05) is 0 Å². The average Bonchev–Trinajstić information content (AvgIpc) is 2.00. The Morgan fingerprint density at radius 2 is 2.08 bits per heavy atom. The minimum absolute atomic E-state index is 0.0260. The van der Waals surface area contributed by atoms with E-state index in [0.29, 0.717) is 10.2 Å². The highest BCUT2D eigenvalue weighted by molar-refractivity contribution is 14.1. The summed E-state index contributed by atoms with van der Waals surface area (Å²) in [5.41, 5.74) is 0. The fourth-order valence-electron chi connectivity index (χ4n) is 0.793. The Hall–Kier alpha value is -0.390. The molecule has 0 bridgehead atoms. The van der Waals surface area contributed by atoms with E-state index in [9.17, 15) is 8.78 Å². The smallest absolute Gasteiger partial charge is 0.200 e. The third-order valence-corrected chi connectivity index (χ3v) is 1.88. The Labute approximate surface area is 82.9 Å². The minimum Gasteiger partial charge on any atom is -0.491 e. The van der Waals surface area contributed by atoms with Crippen LogP contribution < -0.4 is 4.74 Å². The summed E-state index contributed by atoms with van der Waals surface area (Å²) >= 11 is 1.90. The van der Waals surface area contributed by atoms with Gasteiger partial charge < -0.3 is 4.74 Å². The van der Waals surface area contributed by atoms with Gasteiger partial charge in [0.15, 0.2) is 11.6 Å². The van der Waals surface area contributed by atoms with E-state index in [1.54, 1.807) is 6.92 Å². The van der Waals surface area contributed by atoms with E-state index in [2.05, 4.69) is 0 Å². The first-order valence-corrected chi connectivity index (χ1v) is 4.50. The van der Waals surface area contributed by atoms with Gasteiger partial charge in [-0.2, -0.15) is 4.39 Å². The lowest BCUT2D eigenvalue weighted by Gasteiger charge is -2.04. The molecule has 0 atom stereocenters. The first kappa shape index (κ1) is 9.70. The molecule has 0 aliphatic carbocycles. The van der Waals surface area contributed by atoms with Gasteiger partial charge in [0.05, 0.1) is 6.61 Å². The minimum atomic E-state index is -0.919. The SMILES string of the molecule is CCOc1cc(I)cc(F)c1F. The molecule has 0 heterocycles. The fraction of sp³-hybridized carbons (Fsp3) is 0.250. The standard InChI is InChI=1S/C8H7F2IO/c1-2-12-7-4-5(11)3-6(9)8(7)10/h3-4H,2H2,1H3. The van der Waals surface area contributed by atoms with Crippen LogP contribution >= 0.6 is 22.6 Å². The zero-order valence-corrected chi connectivity index (χ0v) is 8.56. The van der Waals surface area contributed by atoms with Crippen LogP contribution in [0, 0.1) is 15.2 Å².